The van der Waals surface area contributed by atoms with Gasteiger partial charge in [0.15, 0.2) is 5.82 Å². The number of thiophene rings is 1. The van der Waals surface area contributed by atoms with Gasteiger partial charge >= 0.3 is 5.00 Å². The zero-order valence-corrected chi connectivity index (χ0v) is 12.0. The van der Waals surface area contributed by atoms with Crippen molar-refractivity contribution in [3.05, 3.63) is 52.1 Å². The van der Waals surface area contributed by atoms with Crippen molar-refractivity contribution in [3.63, 3.8) is 0 Å². The number of nitrogens with two attached hydrogens (primary N) is 1. The molecule has 1 aromatic carbocycles. The lowest BCUT2D eigenvalue weighted by Gasteiger charge is -2.04. The fraction of sp³-hybridized carbons (Fsp3) is 0.0714. The fourth-order valence-corrected chi connectivity index (χ4v) is 3.01. The van der Waals surface area contributed by atoms with Crippen LogP contribution in [0.3, 0.4) is 0 Å². The average Bonchev–Trinajstić information content (AvgIpc) is 3.05. The van der Waals surface area contributed by atoms with Crippen LogP contribution >= 0.6 is 11.3 Å². The third-order valence-corrected chi connectivity index (χ3v) is 4.17. The molecule has 0 aliphatic carbocycles. The van der Waals surface area contributed by atoms with Crippen LogP contribution in [0.4, 0.5) is 10.8 Å². The SMILES string of the molecule is Cc1cccc(-c2c(N)n[nH]c2-c2ccc([N+](=O)[O-])s2)c1. The molecule has 2 heterocycles. The zero-order valence-electron chi connectivity index (χ0n) is 11.2. The van der Waals surface area contributed by atoms with Crippen molar-refractivity contribution in [2.45, 2.75) is 6.92 Å². The number of H-pyrrole nitrogens is 1. The first-order chi connectivity index (χ1) is 10.1. The molecule has 0 saturated heterocycles. The second-order valence-corrected chi connectivity index (χ2v) is 5.69. The second-order valence-electron chi connectivity index (χ2n) is 4.62. The number of aromatic nitrogens is 2. The summed E-state index contributed by atoms with van der Waals surface area (Å²) in [7, 11) is 0. The number of benzene rings is 1. The Hall–Kier alpha value is -2.67. The lowest BCUT2D eigenvalue weighted by Crippen LogP contribution is -1.88. The summed E-state index contributed by atoms with van der Waals surface area (Å²) in [6.07, 6.45) is 0. The van der Waals surface area contributed by atoms with Crippen molar-refractivity contribution in [2.75, 3.05) is 5.73 Å². The molecule has 21 heavy (non-hydrogen) atoms. The summed E-state index contributed by atoms with van der Waals surface area (Å²) in [4.78, 5) is 11.2. The predicted molar refractivity (Wildman–Crippen MR) is 83.1 cm³/mol. The lowest BCUT2D eigenvalue weighted by atomic mass is 10.0. The number of nitrogen functional groups attached to an aromatic ring is 1. The molecule has 0 fully saturated rings. The highest BCUT2D eigenvalue weighted by Gasteiger charge is 2.19. The summed E-state index contributed by atoms with van der Waals surface area (Å²) < 4.78 is 0. The van der Waals surface area contributed by atoms with Crippen LogP contribution in [0.2, 0.25) is 0 Å². The third kappa shape index (κ3) is 2.38. The molecule has 6 nitrogen and oxygen atoms in total. The standard InChI is InChI=1S/C14H12N4O2S/c1-8-3-2-4-9(7-8)12-13(16-17-14(12)15)10-5-6-11(21-10)18(19)20/h2-7H,1H3,(H3,15,16,17). The van der Waals surface area contributed by atoms with Crippen molar-refractivity contribution in [1.82, 2.24) is 10.2 Å². The smallest absolute Gasteiger partial charge is 0.324 e. The maximum Gasteiger partial charge on any atom is 0.324 e. The van der Waals surface area contributed by atoms with Crippen LogP contribution in [-0.2, 0) is 0 Å². The van der Waals surface area contributed by atoms with Gasteiger partial charge in [0.2, 0.25) is 0 Å². The molecule has 0 amide bonds. The molecule has 0 spiro atoms. The average molecular weight is 300 g/mol. The van der Waals surface area contributed by atoms with Crippen LogP contribution in [0.25, 0.3) is 21.7 Å². The van der Waals surface area contributed by atoms with E-state index >= 15 is 0 Å². The van der Waals surface area contributed by atoms with E-state index in [1.54, 1.807) is 6.07 Å². The van der Waals surface area contributed by atoms with Crippen LogP contribution in [0.15, 0.2) is 36.4 Å². The molecule has 0 aliphatic rings. The number of hydrogen-bond acceptors (Lipinski definition) is 5. The largest absolute Gasteiger partial charge is 0.382 e. The van der Waals surface area contributed by atoms with Gasteiger partial charge < -0.3 is 5.73 Å². The van der Waals surface area contributed by atoms with Gasteiger partial charge in [-0.25, -0.2) is 0 Å². The summed E-state index contributed by atoms with van der Waals surface area (Å²) in [5.74, 6) is 0.381. The molecule has 2 aromatic heterocycles. The molecular formula is C14H12N4O2S. The van der Waals surface area contributed by atoms with E-state index in [1.807, 2.05) is 31.2 Å². The summed E-state index contributed by atoms with van der Waals surface area (Å²) >= 11 is 1.09. The molecule has 0 radical (unpaired) electrons. The highest BCUT2D eigenvalue weighted by Crippen LogP contribution is 2.39. The monoisotopic (exact) mass is 300 g/mol. The normalized spacial score (nSPS) is 10.7. The summed E-state index contributed by atoms with van der Waals surface area (Å²) in [5, 5.41) is 17.8. The molecule has 7 heteroatoms. The van der Waals surface area contributed by atoms with E-state index < -0.39 is 4.92 Å². The van der Waals surface area contributed by atoms with E-state index in [4.69, 9.17) is 5.73 Å². The van der Waals surface area contributed by atoms with Gasteiger partial charge in [-0.05, 0) is 18.6 Å². The molecule has 0 saturated carbocycles. The number of aromatic amines is 1. The third-order valence-electron chi connectivity index (χ3n) is 3.12. The van der Waals surface area contributed by atoms with Gasteiger partial charge in [0, 0.05) is 6.07 Å². The number of nitro groups is 1. The van der Waals surface area contributed by atoms with Gasteiger partial charge in [-0.3, -0.25) is 15.2 Å². The molecule has 3 N–H and O–H groups in total. The molecule has 0 atom stereocenters. The maximum atomic E-state index is 10.8. The van der Waals surface area contributed by atoms with Crippen molar-refractivity contribution in [2.24, 2.45) is 0 Å². The minimum absolute atomic E-state index is 0.0911. The molecule has 0 unspecified atom stereocenters. The minimum Gasteiger partial charge on any atom is -0.382 e. The van der Waals surface area contributed by atoms with Crippen molar-refractivity contribution >= 4 is 22.2 Å². The van der Waals surface area contributed by atoms with Crippen molar-refractivity contribution in [3.8, 4) is 21.7 Å². The summed E-state index contributed by atoms with van der Waals surface area (Å²) in [6.45, 7) is 2.00. The molecule has 3 aromatic rings. The van der Waals surface area contributed by atoms with E-state index in [-0.39, 0.29) is 5.00 Å². The van der Waals surface area contributed by atoms with E-state index in [9.17, 15) is 10.1 Å². The first kappa shape index (κ1) is 13.3. The minimum atomic E-state index is -0.403. The van der Waals surface area contributed by atoms with E-state index in [0.717, 1.165) is 32.9 Å². The van der Waals surface area contributed by atoms with Gasteiger partial charge in [-0.2, -0.15) is 5.10 Å². The quantitative estimate of drug-likeness (QED) is 0.570. The van der Waals surface area contributed by atoms with E-state index in [2.05, 4.69) is 10.2 Å². The van der Waals surface area contributed by atoms with Crippen LogP contribution < -0.4 is 5.73 Å². The Kier molecular flexibility index (Phi) is 3.19. The van der Waals surface area contributed by atoms with Gasteiger partial charge in [-0.1, -0.05) is 41.2 Å². The maximum absolute atomic E-state index is 10.8. The number of nitrogens with one attached hydrogen (secondary N) is 1. The highest BCUT2D eigenvalue weighted by molar-refractivity contribution is 7.18. The second kappa shape index (κ2) is 5.02. The van der Waals surface area contributed by atoms with Crippen LogP contribution in [0.5, 0.6) is 0 Å². The highest BCUT2D eigenvalue weighted by atomic mass is 32.1. The number of anilines is 1. The lowest BCUT2D eigenvalue weighted by molar-refractivity contribution is -0.380. The molecule has 3 rings (SSSR count). The summed E-state index contributed by atoms with van der Waals surface area (Å²) in [5.41, 5.74) is 9.48. The Balaban J connectivity index is 2.14. The first-order valence-corrected chi connectivity index (χ1v) is 7.03. The first-order valence-electron chi connectivity index (χ1n) is 6.21. The molecular weight excluding hydrogens is 288 g/mol. The van der Waals surface area contributed by atoms with Crippen LogP contribution in [0.1, 0.15) is 5.56 Å². The molecule has 0 aliphatic heterocycles. The van der Waals surface area contributed by atoms with Crippen molar-refractivity contribution in [1.29, 1.82) is 0 Å². The van der Waals surface area contributed by atoms with Gasteiger partial charge in [0.25, 0.3) is 0 Å². The van der Waals surface area contributed by atoms with E-state index in [1.165, 1.54) is 6.07 Å². The Bertz CT molecular complexity index is 822. The van der Waals surface area contributed by atoms with Gasteiger partial charge in [-0.15, -0.1) is 0 Å². The number of nitrogens with zero attached hydrogens (tertiary/aromatic N) is 2. The Morgan fingerprint density at radius 3 is 2.81 bits per heavy atom. The molecule has 106 valence electrons. The Morgan fingerprint density at radius 1 is 1.33 bits per heavy atom. The molecule has 0 bridgehead atoms. The van der Waals surface area contributed by atoms with Crippen molar-refractivity contribution < 1.29 is 4.92 Å². The zero-order chi connectivity index (χ0) is 15.0. The Morgan fingerprint density at radius 2 is 2.14 bits per heavy atom. The number of hydrogen-bond donors (Lipinski definition) is 2. The Labute approximate surface area is 124 Å². The van der Waals surface area contributed by atoms with Crippen LogP contribution in [-0.4, -0.2) is 15.1 Å². The van der Waals surface area contributed by atoms with Gasteiger partial charge in [0.1, 0.15) is 0 Å². The van der Waals surface area contributed by atoms with Crippen LogP contribution in [0, 0.1) is 17.0 Å². The fourth-order valence-electron chi connectivity index (χ4n) is 2.19. The predicted octanol–water partition coefficient (Wildman–Crippen LogP) is 3.60. The number of rotatable bonds is 3. The number of aryl methyl sites for hydroxylation is 1. The van der Waals surface area contributed by atoms with Gasteiger partial charge in [0.05, 0.1) is 21.1 Å². The van der Waals surface area contributed by atoms with E-state index in [0.29, 0.717) is 11.5 Å². The summed E-state index contributed by atoms with van der Waals surface area (Å²) in [6, 6.07) is 11.1. The topological polar surface area (TPSA) is 97.8 Å².